The third-order valence-electron chi connectivity index (χ3n) is 5.40. The molecule has 0 radical (unpaired) electrons. The summed E-state index contributed by atoms with van der Waals surface area (Å²) in [4.78, 5) is 13.0. The second kappa shape index (κ2) is 12.1. The molecule has 10 nitrogen and oxygen atoms in total. The van der Waals surface area contributed by atoms with Crippen molar-refractivity contribution in [2.24, 2.45) is 0 Å². The van der Waals surface area contributed by atoms with Crippen LogP contribution in [-0.2, 0) is 14.8 Å². The second-order valence-corrected chi connectivity index (χ2v) is 11.5. The highest BCUT2D eigenvalue weighted by Crippen LogP contribution is 2.37. The highest BCUT2D eigenvalue weighted by molar-refractivity contribution is 7.92. The van der Waals surface area contributed by atoms with E-state index < -0.39 is 22.5 Å². The van der Waals surface area contributed by atoms with Crippen LogP contribution in [0.1, 0.15) is 0 Å². The number of halogens is 2. The molecule has 0 unspecified atom stereocenters. The van der Waals surface area contributed by atoms with Crippen molar-refractivity contribution in [2.45, 2.75) is 4.90 Å². The zero-order chi connectivity index (χ0) is 28.2. The first-order valence-electron chi connectivity index (χ1n) is 11.1. The van der Waals surface area contributed by atoms with E-state index in [9.17, 15) is 13.2 Å². The minimum Gasteiger partial charge on any atom is -0.495 e. The van der Waals surface area contributed by atoms with Gasteiger partial charge in [0.05, 0.1) is 31.9 Å². The average molecular weight is 610 g/mol. The van der Waals surface area contributed by atoms with Crippen molar-refractivity contribution in [1.29, 1.82) is 0 Å². The summed E-state index contributed by atoms with van der Waals surface area (Å²) in [5, 5.41) is 12.3. The Hall–Kier alpha value is -3.58. The number of methoxy groups -OCH3 is 3. The number of aromatic nitrogens is 2. The molecule has 4 rings (SSSR count). The maximum absolute atomic E-state index is 13.9. The molecule has 0 aliphatic rings. The smallest absolute Gasteiger partial charge is 0.265 e. The Morgan fingerprint density at radius 1 is 0.872 bits per heavy atom. The van der Waals surface area contributed by atoms with Gasteiger partial charge >= 0.3 is 0 Å². The summed E-state index contributed by atoms with van der Waals surface area (Å²) in [7, 11) is -0.130. The maximum Gasteiger partial charge on any atom is 0.265 e. The van der Waals surface area contributed by atoms with Crippen molar-refractivity contribution in [3.8, 4) is 27.8 Å². The van der Waals surface area contributed by atoms with Crippen LogP contribution in [0.2, 0.25) is 10.0 Å². The third kappa shape index (κ3) is 6.36. The van der Waals surface area contributed by atoms with Gasteiger partial charge in [0.2, 0.25) is 11.0 Å². The van der Waals surface area contributed by atoms with Gasteiger partial charge in [0.25, 0.3) is 10.0 Å². The molecule has 1 amide bonds. The Balaban J connectivity index is 1.68. The minimum absolute atomic E-state index is 0.0639. The van der Waals surface area contributed by atoms with Gasteiger partial charge in [-0.15, -0.1) is 10.2 Å². The van der Waals surface area contributed by atoms with Gasteiger partial charge in [-0.1, -0.05) is 46.7 Å². The van der Waals surface area contributed by atoms with Crippen LogP contribution >= 0.6 is 34.5 Å². The topological polar surface area (TPSA) is 120 Å². The third-order valence-corrected chi connectivity index (χ3v) is 8.53. The fourth-order valence-electron chi connectivity index (χ4n) is 3.53. The molecule has 1 heterocycles. The van der Waals surface area contributed by atoms with Gasteiger partial charge in [0.15, 0.2) is 11.5 Å². The largest absolute Gasteiger partial charge is 0.495 e. The monoisotopic (exact) mass is 608 g/mol. The van der Waals surface area contributed by atoms with Crippen LogP contribution in [0.25, 0.3) is 10.6 Å². The van der Waals surface area contributed by atoms with E-state index in [1.807, 2.05) is 0 Å². The van der Waals surface area contributed by atoms with E-state index in [0.29, 0.717) is 15.8 Å². The molecule has 0 saturated heterocycles. The lowest BCUT2D eigenvalue weighted by Gasteiger charge is -2.26. The van der Waals surface area contributed by atoms with E-state index in [4.69, 9.17) is 37.4 Å². The van der Waals surface area contributed by atoms with E-state index in [-0.39, 0.29) is 32.2 Å². The zero-order valence-corrected chi connectivity index (χ0v) is 24.0. The summed E-state index contributed by atoms with van der Waals surface area (Å²) >= 11 is 13.3. The van der Waals surface area contributed by atoms with Crippen molar-refractivity contribution < 1.29 is 27.4 Å². The lowest BCUT2D eigenvalue weighted by molar-refractivity contribution is -0.114. The molecule has 0 spiro atoms. The molecule has 1 N–H and O–H groups in total. The number of sulfonamides is 1. The minimum atomic E-state index is -4.34. The maximum atomic E-state index is 13.9. The summed E-state index contributed by atoms with van der Waals surface area (Å²) < 4.78 is 44.6. The van der Waals surface area contributed by atoms with Crippen LogP contribution in [0.5, 0.6) is 17.2 Å². The molecule has 0 saturated carbocycles. The molecule has 1 aromatic heterocycles. The lowest BCUT2D eigenvalue weighted by Crippen LogP contribution is -2.38. The number of amides is 1. The van der Waals surface area contributed by atoms with Gasteiger partial charge in [-0.25, -0.2) is 8.42 Å². The zero-order valence-electron chi connectivity index (χ0n) is 20.8. The Labute approximate surface area is 239 Å². The summed E-state index contributed by atoms with van der Waals surface area (Å²) in [6.07, 6.45) is 0. The standard InChI is InChI=1S/C25H22Cl2N4O6S2/c1-35-20-10-8-17(27)12-19(20)31(39(33,34)18-9-11-21(36-2)22(13-18)37-3)14-23(32)28-25-30-29-24(38-25)15-4-6-16(26)7-5-15/h4-13H,14H2,1-3H3,(H,28,30,32). The average Bonchev–Trinajstić information content (AvgIpc) is 3.39. The SMILES string of the molecule is COc1ccc(S(=O)(=O)N(CC(=O)Nc2nnc(-c3ccc(Cl)cc3)s2)c2cc(Cl)ccc2OC)cc1OC. The number of hydrogen-bond donors (Lipinski definition) is 1. The first-order chi connectivity index (χ1) is 18.7. The number of nitrogens with one attached hydrogen (secondary N) is 1. The molecule has 14 heteroatoms. The molecule has 0 atom stereocenters. The number of benzene rings is 3. The molecule has 39 heavy (non-hydrogen) atoms. The molecule has 204 valence electrons. The van der Waals surface area contributed by atoms with Gasteiger partial charge in [0, 0.05) is 21.7 Å². The quantitative estimate of drug-likeness (QED) is 0.255. The van der Waals surface area contributed by atoms with Crippen LogP contribution in [0, 0.1) is 0 Å². The number of carbonyl (C=O) groups is 1. The van der Waals surface area contributed by atoms with Gasteiger partial charge in [-0.2, -0.15) is 0 Å². The molecule has 0 bridgehead atoms. The fraction of sp³-hybridized carbons (Fsp3) is 0.160. The summed E-state index contributed by atoms with van der Waals surface area (Å²) in [6, 6.07) is 15.5. The molecule has 4 aromatic rings. The van der Waals surface area contributed by atoms with E-state index in [1.165, 1.54) is 51.7 Å². The van der Waals surface area contributed by atoms with Crippen molar-refractivity contribution in [1.82, 2.24) is 10.2 Å². The summed E-state index contributed by atoms with van der Waals surface area (Å²) in [6.45, 7) is -0.622. The van der Waals surface area contributed by atoms with Crippen LogP contribution in [-0.4, -0.2) is 52.4 Å². The van der Waals surface area contributed by atoms with Crippen LogP contribution in [0.4, 0.5) is 10.8 Å². The Bertz CT molecular complexity index is 1600. The number of nitrogens with zero attached hydrogens (tertiary/aromatic N) is 3. The van der Waals surface area contributed by atoms with E-state index in [2.05, 4.69) is 15.5 Å². The van der Waals surface area contributed by atoms with E-state index >= 15 is 0 Å². The van der Waals surface area contributed by atoms with Crippen molar-refractivity contribution in [2.75, 3.05) is 37.5 Å². The number of carbonyl (C=O) groups excluding carboxylic acids is 1. The Morgan fingerprint density at radius 3 is 2.18 bits per heavy atom. The predicted molar refractivity (Wildman–Crippen MR) is 151 cm³/mol. The van der Waals surface area contributed by atoms with Crippen molar-refractivity contribution in [3.63, 3.8) is 0 Å². The van der Waals surface area contributed by atoms with Gasteiger partial charge in [0.1, 0.15) is 17.3 Å². The molecule has 0 fully saturated rings. The molecular weight excluding hydrogens is 587 g/mol. The first kappa shape index (κ1) is 28.4. The number of ether oxygens (including phenoxy) is 3. The number of anilines is 2. The van der Waals surface area contributed by atoms with Crippen LogP contribution in [0.15, 0.2) is 65.6 Å². The van der Waals surface area contributed by atoms with Gasteiger partial charge in [-0.3, -0.25) is 14.4 Å². The van der Waals surface area contributed by atoms with Crippen LogP contribution in [0.3, 0.4) is 0 Å². The van der Waals surface area contributed by atoms with Crippen molar-refractivity contribution >= 4 is 61.3 Å². The highest BCUT2D eigenvalue weighted by atomic mass is 35.5. The second-order valence-electron chi connectivity index (χ2n) is 7.81. The molecule has 3 aromatic carbocycles. The Morgan fingerprint density at radius 2 is 1.51 bits per heavy atom. The van der Waals surface area contributed by atoms with Crippen molar-refractivity contribution in [3.05, 3.63) is 70.7 Å². The lowest BCUT2D eigenvalue weighted by atomic mass is 10.2. The predicted octanol–water partition coefficient (Wildman–Crippen LogP) is 5.37. The normalized spacial score (nSPS) is 11.1. The number of hydrogen-bond acceptors (Lipinski definition) is 9. The summed E-state index contributed by atoms with van der Waals surface area (Å²) in [5.41, 5.74) is 0.827. The highest BCUT2D eigenvalue weighted by Gasteiger charge is 2.31. The first-order valence-corrected chi connectivity index (χ1v) is 14.1. The number of rotatable bonds is 10. The van der Waals surface area contributed by atoms with E-state index in [1.54, 1.807) is 30.3 Å². The fourth-order valence-corrected chi connectivity index (χ4v) is 6.03. The van der Waals surface area contributed by atoms with Gasteiger partial charge < -0.3 is 14.2 Å². The van der Waals surface area contributed by atoms with E-state index in [0.717, 1.165) is 21.2 Å². The molecule has 0 aliphatic carbocycles. The van der Waals surface area contributed by atoms with Gasteiger partial charge in [-0.05, 0) is 42.5 Å². The van der Waals surface area contributed by atoms with Crippen LogP contribution < -0.4 is 23.8 Å². The molecular formula is C25H22Cl2N4O6S2. The molecule has 0 aliphatic heterocycles. The summed E-state index contributed by atoms with van der Waals surface area (Å²) in [5.74, 6) is 0.0653. The Kier molecular flexibility index (Phi) is 8.80.